The average Bonchev–Trinajstić information content (AvgIpc) is 2.83. The molecule has 0 spiro atoms. The summed E-state index contributed by atoms with van der Waals surface area (Å²) < 4.78 is 37.1. The van der Waals surface area contributed by atoms with Crippen LogP contribution in [0.25, 0.3) is 0 Å². The van der Waals surface area contributed by atoms with Gasteiger partial charge in [0.1, 0.15) is 5.82 Å². The van der Waals surface area contributed by atoms with E-state index in [-0.39, 0.29) is 27.1 Å². The summed E-state index contributed by atoms with van der Waals surface area (Å²) in [7, 11) is -3.13. The van der Waals surface area contributed by atoms with Crippen LogP contribution >= 0.6 is 23.2 Å². The molecule has 0 aromatic heterocycles. The summed E-state index contributed by atoms with van der Waals surface area (Å²) in [6, 6.07) is 1.80. The lowest BCUT2D eigenvalue weighted by atomic mass is 10.1. The summed E-state index contributed by atoms with van der Waals surface area (Å²) in [5, 5.41) is -0.0983. The molecule has 1 saturated heterocycles. The molecule has 0 saturated carbocycles. The van der Waals surface area contributed by atoms with Crippen LogP contribution in [0.1, 0.15) is 36.5 Å². The maximum Gasteiger partial charge on any atom is 0.255 e. The lowest BCUT2D eigenvalue weighted by Crippen LogP contribution is -2.42. The lowest BCUT2D eigenvalue weighted by Gasteiger charge is -2.28. The Morgan fingerprint density at radius 1 is 1.35 bits per heavy atom. The number of unbranched alkanes of at least 4 members (excludes halogenated alkanes) is 1. The highest BCUT2D eigenvalue weighted by atomic mass is 35.5. The average molecular weight is 382 g/mol. The number of halogens is 3. The van der Waals surface area contributed by atoms with Gasteiger partial charge in [0.05, 0.1) is 27.1 Å². The lowest BCUT2D eigenvalue weighted by molar-refractivity contribution is 0.0694. The Morgan fingerprint density at radius 3 is 2.61 bits per heavy atom. The van der Waals surface area contributed by atoms with Gasteiger partial charge in [-0.3, -0.25) is 4.79 Å². The third-order valence-corrected chi connectivity index (χ3v) is 6.26. The van der Waals surface area contributed by atoms with E-state index < -0.39 is 27.6 Å². The van der Waals surface area contributed by atoms with Crippen molar-refractivity contribution in [3.8, 4) is 0 Å². The molecule has 1 heterocycles. The summed E-state index contributed by atoms with van der Waals surface area (Å²) in [6.45, 7) is 2.39. The summed E-state index contributed by atoms with van der Waals surface area (Å²) in [4.78, 5) is 14.3. The molecule has 0 radical (unpaired) electrons. The van der Waals surface area contributed by atoms with Gasteiger partial charge in [0.25, 0.3) is 5.91 Å². The second kappa shape index (κ2) is 7.36. The highest BCUT2D eigenvalue weighted by Gasteiger charge is 2.35. The molecule has 4 nitrogen and oxygen atoms in total. The second-order valence-electron chi connectivity index (χ2n) is 5.66. The van der Waals surface area contributed by atoms with Gasteiger partial charge in [-0.1, -0.05) is 36.5 Å². The van der Waals surface area contributed by atoms with E-state index in [1.54, 1.807) is 0 Å². The van der Waals surface area contributed by atoms with Crippen molar-refractivity contribution in [2.75, 3.05) is 18.1 Å². The molecule has 1 aliphatic heterocycles. The van der Waals surface area contributed by atoms with Crippen LogP contribution in [0.5, 0.6) is 0 Å². The fourth-order valence-electron chi connectivity index (χ4n) is 2.64. The van der Waals surface area contributed by atoms with Gasteiger partial charge >= 0.3 is 0 Å². The zero-order chi connectivity index (χ0) is 17.2. The zero-order valence-electron chi connectivity index (χ0n) is 12.7. The van der Waals surface area contributed by atoms with Crippen molar-refractivity contribution >= 4 is 38.9 Å². The Kier molecular flexibility index (Phi) is 5.92. The molecule has 2 rings (SSSR count). The van der Waals surface area contributed by atoms with E-state index in [2.05, 4.69) is 0 Å². The molecule has 0 N–H and O–H groups in total. The van der Waals surface area contributed by atoms with E-state index in [9.17, 15) is 17.6 Å². The van der Waals surface area contributed by atoms with Gasteiger partial charge in [-0.05, 0) is 25.0 Å². The minimum atomic E-state index is -3.13. The molecule has 8 heteroatoms. The largest absolute Gasteiger partial charge is 0.335 e. The molecule has 1 amide bonds. The summed E-state index contributed by atoms with van der Waals surface area (Å²) in [6.07, 6.45) is 1.98. The zero-order valence-corrected chi connectivity index (χ0v) is 15.0. The van der Waals surface area contributed by atoms with Gasteiger partial charge < -0.3 is 4.90 Å². The maximum atomic E-state index is 13.7. The molecule has 1 aromatic carbocycles. The fraction of sp³-hybridized carbons (Fsp3) is 0.533. The number of hydrogen-bond donors (Lipinski definition) is 0. The van der Waals surface area contributed by atoms with Crippen LogP contribution in [0.2, 0.25) is 10.0 Å². The highest BCUT2D eigenvalue weighted by molar-refractivity contribution is 7.91. The Morgan fingerprint density at radius 2 is 2.04 bits per heavy atom. The maximum absolute atomic E-state index is 13.7. The summed E-state index contributed by atoms with van der Waals surface area (Å²) >= 11 is 11.7. The molecule has 1 aliphatic rings. The molecular weight excluding hydrogens is 364 g/mol. The number of benzene rings is 1. The monoisotopic (exact) mass is 381 g/mol. The van der Waals surface area contributed by atoms with Gasteiger partial charge in [0, 0.05) is 12.6 Å². The van der Waals surface area contributed by atoms with Crippen molar-refractivity contribution in [3.63, 3.8) is 0 Å². The fourth-order valence-corrected chi connectivity index (χ4v) is 4.84. The van der Waals surface area contributed by atoms with Gasteiger partial charge in [0.15, 0.2) is 9.84 Å². The Hall–Kier alpha value is -0.850. The predicted octanol–water partition coefficient (Wildman–Crippen LogP) is 3.56. The topological polar surface area (TPSA) is 54.5 Å². The van der Waals surface area contributed by atoms with Crippen LogP contribution in [-0.4, -0.2) is 43.3 Å². The van der Waals surface area contributed by atoms with Crippen LogP contribution in [-0.2, 0) is 9.84 Å². The van der Waals surface area contributed by atoms with Crippen molar-refractivity contribution in [2.24, 2.45) is 0 Å². The summed E-state index contributed by atoms with van der Waals surface area (Å²) in [5.74, 6) is -1.18. The standard InChI is InChI=1S/C15H18Cl2FNO3S/c1-2-3-5-19(10-4-6-23(21,22)9-10)15(20)11-7-14(18)13(17)8-12(11)16/h7-8,10H,2-6,9H2,1H3. The molecule has 0 aliphatic carbocycles. The first-order valence-corrected chi connectivity index (χ1v) is 9.99. The number of hydrogen-bond acceptors (Lipinski definition) is 3. The number of carbonyl (C=O) groups is 1. The third kappa shape index (κ3) is 4.37. The van der Waals surface area contributed by atoms with Gasteiger partial charge in [-0.15, -0.1) is 0 Å². The van der Waals surface area contributed by atoms with Gasteiger partial charge in [-0.25, -0.2) is 12.8 Å². The SMILES string of the molecule is CCCCN(C(=O)c1cc(F)c(Cl)cc1Cl)C1CCS(=O)(=O)C1. The molecule has 0 bridgehead atoms. The molecule has 1 unspecified atom stereocenters. The van der Waals surface area contributed by atoms with Crippen molar-refractivity contribution in [2.45, 2.75) is 32.2 Å². The molecular formula is C15H18Cl2FNO3S. The first-order chi connectivity index (χ1) is 10.7. The molecule has 1 atom stereocenters. The molecule has 23 heavy (non-hydrogen) atoms. The van der Waals surface area contributed by atoms with E-state index in [4.69, 9.17) is 23.2 Å². The van der Waals surface area contributed by atoms with E-state index in [1.165, 1.54) is 11.0 Å². The third-order valence-electron chi connectivity index (χ3n) is 3.90. The highest BCUT2D eigenvalue weighted by Crippen LogP contribution is 2.27. The van der Waals surface area contributed by atoms with Crippen molar-refractivity contribution in [1.29, 1.82) is 0 Å². The van der Waals surface area contributed by atoms with Crippen LogP contribution in [0, 0.1) is 5.82 Å². The van der Waals surface area contributed by atoms with E-state index in [1.807, 2.05) is 6.92 Å². The molecule has 1 aromatic rings. The van der Waals surface area contributed by atoms with Gasteiger partial charge in [-0.2, -0.15) is 0 Å². The Bertz CT molecular complexity index is 709. The number of sulfone groups is 1. The smallest absolute Gasteiger partial charge is 0.255 e. The number of carbonyl (C=O) groups excluding carboxylic acids is 1. The molecule has 128 valence electrons. The summed E-state index contributed by atoms with van der Waals surface area (Å²) in [5.41, 5.74) is 0.00830. The van der Waals surface area contributed by atoms with Crippen LogP contribution in [0.3, 0.4) is 0 Å². The van der Waals surface area contributed by atoms with Crippen molar-refractivity contribution in [1.82, 2.24) is 4.90 Å². The van der Waals surface area contributed by atoms with Crippen molar-refractivity contribution in [3.05, 3.63) is 33.6 Å². The quantitative estimate of drug-likeness (QED) is 0.732. The van der Waals surface area contributed by atoms with Crippen molar-refractivity contribution < 1.29 is 17.6 Å². The number of rotatable bonds is 5. The minimum absolute atomic E-state index is 0.00830. The predicted molar refractivity (Wildman–Crippen MR) is 89.4 cm³/mol. The Balaban J connectivity index is 2.32. The van der Waals surface area contributed by atoms with E-state index >= 15 is 0 Å². The Labute approximate surface area is 145 Å². The number of nitrogens with zero attached hydrogens (tertiary/aromatic N) is 1. The normalized spacial score (nSPS) is 19.7. The minimum Gasteiger partial charge on any atom is -0.335 e. The van der Waals surface area contributed by atoms with Crippen LogP contribution in [0.4, 0.5) is 4.39 Å². The van der Waals surface area contributed by atoms with E-state index in [0.29, 0.717) is 13.0 Å². The van der Waals surface area contributed by atoms with Gasteiger partial charge in [0.2, 0.25) is 0 Å². The molecule has 1 fully saturated rings. The van der Waals surface area contributed by atoms with Crippen LogP contribution in [0.15, 0.2) is 12.1 Å². The van der Waals surface area contributed by atoms with E-state index in [0.717, 1.165) is 18.9 Å². The van der Waals surface area contributed by atoms with Crippen LogP contribution < -0.4 is 0 Å². The second-order valence-corrected chi connectivity index (χ2v) is 8.70. The number of amides is 1. The first kappa shape index (κ1) is 18.5. The first-order valence-electron chi connectivity index (χ1n) is 7.41.